The Morgan fingerprint density at radius 2 is 1.94 bits per heavy atom. The molecule has 0 aliphatic heterocycles. The van der Waals surface area contributed by atoms with Crippen molar-refractivity contribution in [2.24, 2.45) is 0 Å². The van der Waals surface area contributed by atoms with E-state index in [4.69, 9.17) is 9.84 Å². The van der Waals surface area contributed by atoms with Gasteiger partial charge in [-0.1, -0.05) is 12.1 Å². The van der Waals surface area contributed by atoms with Crippen LogP contribution in [0.25, 0.3) is 0 Å². The summed E-state index contributed by atoms with van der Waals surface area (Å²) >= 11 is 0. The van der Waals surface area contributed by atoms with Crippen LogP contribution in [0.3, 0.4) is 0 Å². The number of nitrogens with one attached hydrogen (secondary N) is 1. The molecule has 8 heteroatoms. The number of methoxy groups -OCH3 is 1. The molecule has 0 saturated heterocycles. The third-order valence-electron chi connectivity index (χ3n) is 1.98. The van der Waals surface area contributed by atoms with E-state index in [1.54, 1.807) is 10.8 Å². The number of carboxylic acid groups (broad SMARTS) is 1. The van der Waals surface area contributed by atoms with E-state index in [0.717, 1.165) is 0 Å². The van der Waals surface area contributed by atoms with Gasteiger partial charge < -0.3 is 9.84 Å². The Morgan fingerprint density at radius 3 is 2.50 bits per heavy atom. The minimum absolute atomic E-state index is 0.100. The quantitative estimate of drug-likeness (QED) is 0.771. The van der Waals surface area contributed by atoms with Crippen LogP contribution in [0.2, 0.25) is 0 Å². The summed E-state index contributed by atoms with van der Waals surface area (Å²) in [5.74, 6) is -1.28. The number of aliphatic carboxylic acids is 1. The van der Waals surface area contributed by atoms with Gasteiger partial charge in [0.15, 0.2) is 0 Å². The van der Waals surface area contributed by atoms with Crippen LogP contribution in [-0.2, 0) is 14.8 Å². The average Bonchev–Trinajstić information content (AvgIpc) is 2.35. The van der Waals surface area contributed by atoms with E-state index in [-0.39, 0.29) is 11.3 Å². The molecule has 98 valence electrons. The van der Waals surface area contributed by atoms with Gasteiger partial charge in [0.1, 0.15) is 12.3 Å². The average molecular weight is 273 g/mol. The van der Waals surface area contributed by atoms with E-state index >= 15 is 0 Å². The molecule has 7 nitrogen and oxygen atoms in total. The van der Waals surface area contributed by atoms with Gasteiger partial charge in [-0.05, 0) is 12.1 Å². The molecule has 0 aliphatic rings. The van der Waals surface area contributed by atoms with Crippen molar-refractivity contribution in [3.05, 3.63) is 29.8 Å². The second-order valence-corrected chi connectivity index (χ2v) is 4.87. The smallest absolute Gasteiger partial charge is 0.318 e. The van der Waals surface area contributed by atoms with Crippen LogP contribution < -0.4 is 9.46 Å². The highest BCUT2D eigenvalue weighted by molar-refractivity contribution is 8.05. The summed E-state index contributed by atoms with van der Waals surface area (Å²) in [6, 6.07) is 5.76. The van der Waals surface area contributed by atoms with Gasteiger partial charge in [0.2, 0.25) is 0 Å². The maximum atomic E-state index is 11.7. The largest absolute Gasteiger partial charge is 0.496 e. The van der Waals surface area contributed by atoms with Gasteiger partial charge in [-0.15, -0.1) is 0 Å². The monoisotopic (exact) mass is 273 g/mol. The molecular weight excluding hydrogens is 262 g/mol. The molecule has 0 bridgehead atoms. The second kappa shape index (κ2) is 5.61. The molecule has 0 spiro atoms. The van der Waals surface area contributed by atoms with Crippen LogP contribution in [0.15, 0.2) is 24.3 Å². The number of hydrogen-bond donors (Lipinski definition) is 2. The zero-order valence-electron chi connectivity index (χ0n) is 9.41. The van der Waals surface area contributed by atoms with Gasteiger partial charge in [-0.3, -0.25) is 9.59 Å². The third-order valence-corrected chi connectivity index (χ3v) is 3.22. The number of carbonyl (C=O) groups excluding carboxylic acids is 1. The fourth-order valence-corrected chi connectivity index (χ4v) is 2.08. The van der Waals surface area contributed by atoms with Gasteiger partial charge in [0.05, 0.1) is 12.7 Å². The summed E-state index contributed by atoms with van der Waals surface area (Å²) in [6.07, 6.45) is 0. The second-order valence-electron chi connectivity index (χ2n) is 3.21. The number of benzene rings is 1. The summed E-state index contributed by atoms with van der Waals surface area (Å²) in [6.45, 7) is -0.858. The Hall–Kier alpha value is -1.93. The van der Waals surface area contributed by atoms with Gasteiger partial charge in [-0.2, -0.15) is 4.72 Å². The zero-order chi connectivity index (χ0) is 13.8. The number of sulfonamides is 1. The van der Waals surface area contributed by atoms with Crippen LogP contribution >= 0.6 is 0 Å². The minimum Gasteiger partial charge on any atom is -0.496 e. The van der Waals surface area contributed by atoms with Crippen molar-refractivity contribution in [2.75, 3.05) is 13.7 Å². The first kappa shape index (κ1) is 14.1. The van der Waals surface area contributed by atoms with Crippen molar-refractivity contribution in [2.45, 2.75) is 0 Å². The Kier molecular flexibility index (Phi) is 4.40. The molecule has 1 aromatic rings. The maximum Gasteiger partial charge on any atom is 0.318 e. The highest BCUT2D eigenvalue weighted by Crippen LogP contribution is 2.19. The van der Waals surface area contributed by atoms with Crippen molar-refractivity contribution in [3.8, 4) is 5.75 Å². The number of carbonyl (C=O) groups is 2. The lowest BCUT2D eigenvalue weighted by molar-refractivity contribution is -0.135. The van der Waals surface area contributed by atoms with Crippen molar-refractivity contribution in [1.82, 2.24) is 4.72 Å². The third kappa shape index (κ3) is 3.28. The molecular formula is C10H11NO6S. The number of rotatable bonds is 5. The predicted octanol–water partition coefficient (Wildman–Crippen LogP) is -0.161. The van der Waals surface area contributed by atoms with Crippen molar-refractivity contribution < 1.29 is 27.9 Å². The normalized spacial score (nSPS) is 10.9. The number of para-hydroxylation sites is 1. The van der Waals surface area contributed by atoms with Crippen molar-refractivity contribution >= 4 is 21.1 Å². The molecule has 0 aromatic heterocycles. The van der Waals surface area contributed by atoms with Crippen molar-refractivity contribution in [3.63, 3.8) is 0 Å². The Morgan fingerprint density at radius 1 is 1.33 bits per heavy atom. The minimum atomic E-state index is -4.39. The molecule has 0 fully saturated rings. The van der Waals surface area contributed by atoms with Crippen LogP contribution in [0.1, 0.15) is 10.4 Å². The molecule has 2 N–H and O–H groups in total. The van der Waals surface area contributed by atoms with E-state index in [1.807, 2.05) is 0 Å². The molecule has 0 aliphatic carbocycles. The van der Waals surface area contributed by atoms with Crippen LogP contribution in [0.4, 0.5) is 0 Å². The van der Waals surface area contributed by atoms with Crippen LogP contribution in [-0.4, -0.2) is 38.3 Å². The van der Waals surface area contributed by atoms with Gasteiger partial charge >= 0.3 is 5.97 Å². The Bertz CT molecular complexity index is 565. The van der Waals surface area contributed by atoms with Crippen LogP contribution in [0.5, 0.6) is 5.75 Å². The molecule has 0 unspecified atom stereocenters. The lowest BCUT2D eigenvalue weighted by Crippen LogP contribution is -2.34. The zero-order valence-corrected chi connectivity index (χ0v) is 10.2. The molecule has 1 aromatic carbocycles. The first-order chi connectivity index (χ1) is 8.38. The van der Waals surface area contributed by atoms with E-state index in [2.05, 4.69) is 0 Å². The topological polar surface area (TPSA) is 110 Å². The van der Waals surface area contributed by atoms with E-state index in [9.17, 15) is 18.0 Å². The Balaban J connectivity index is 3.03. The molecule has 0 amide bonds. The number of hydrogen-bond acceptors (Lipinski definition) is 5. The summed E-state index contributed by atoms with van der Waals surface area (Å²) < 4.78 is 29.6. The van der Waals surface area contributed by atoms with Gasteiger partial charge in [0, 0.05) is 0 Å². The first-order valence-corrected chi connectivity index (χ1v) is 6.25. The molecule has 18 heavy (non-hydrogen) atoms. The fraction of sp³-hybridized carbons (Fsp3) is 0.200. The van der Waals surface area contributed by atoms with E-state index in [1.165, 1.54) is 25.3 Å². The molecule has 0 radical (unpaired) electrons. The maximum absolute atomic E-state index is 11.7. The van der Waals surface area contributed by atoms with Gasteiger partial charge in [0.25, 0.3) is 15.1 Å². The summed E-state index contributed by atoms with van der Waals surface area (Å²) in [4.78, 5) is 22.0. The fourth-order valence-electron chi connectivity index (χ4n) is 1.18. The standard InChI is InChI=1S/C10H11NO6S/c1-17-8-5-3-2-4-7(8)10(14)18(15,16)11-6-9(12)13/h2-5,11H,6H2,1H3,(H,12,13). The Labute approximate surface area is 103 Å². The van der Waals surface area contributed by atoms with Crippen LogP contribution in [0, 0.1) is 0 Å². The number of carboxylic acids is 1. The molecule has 0 atom stereocenters. The van der Waals surface area contributed by atoms with Crippen molar-refractivity contribution in [1.29, 1.82) is 0 Å². The predicted molar refractivity (Wildman–Crippen MR) is 61.9 cm³/mol. The lowest BCUT2D eigenvalue weighted by Gasteiger charge is -2.07. The van der Waals surface area contributed by atoms with Gasteiger partial charge in [-0.25, -0.2) is 8.42 Å². The molecule has 0 saturated carbocycles. The molecule has 1 rings (SSSR count). The highest BCUT2D eigenvalue weighted by Gasteiger charge is 2.26. The summed E-state index contributed by atoms with van der Waals surface area (Å²) in [7, 11) is -3.10. The van der Waals surface area contributed by atoms with E-state index < -0.39 is 27.7 Å². The molecule has 0 heterocycles. The lowest BCUT2D eigenvalue weighted by atomic mass is 10.2. The SMILES string of the molecule is COc1ccccc1C(=O)S(=O)(=O)NCC(=O)O. The summed E-state index contributed by atoms with van der Waals surface area (Å²) in [5.41, 5.74) is -0.155. The van der Waals surface area contributed by atoms with E-state index in [0.29, 0.717) is 0 Å². The summed E-state index contributed by atoms with van der Waals surface area (Å²) in [5, 5.41) is 7.13. The highest BCUT2D eigenvalue weighted by atomic mass is 32.2. The number of ether oxygens (including phenoxy) is 1. The first-order valence-electron chi connectivity index (χ1n) is 4.77.